The van der Waals surface area contributed by atoms with Crippen LogP contribution in [0.2, 0.25) is 0 Å². The lowest BCUT2D eigenvalue weighted by Crippen LogP contribution is -2.42. The molecule has 0 aromatic rings. The second-order valence-corrected chi connectivity index (χ2v) is 3.25. The molecule has 12 heavy (non-hydrogen) atoms. The zero-order chi connectivity index (χ0) is 8.81. The Bertz CT molecular complexity index is 111. The van der Waals surface area contributed by atoms with Crippen LogP contribution in [0, 0.1) is 5.92 Å². The Hall–Kier alpha value is -0.160. The molecular weight excluding hydrogens is 154 g/mol. The van der Waals surface area contributed by atoms with Gasteiger partial charge in [0.15, 0.2) is 0 Å². The Morgan fingerprint density at radius 2 is 1.75 bits per heavy atom. The first-order valence-corrected chi connectivity index (χ1v) is 4.57. The fourth-order valence-corrected chi connectivity index (χ4v) is 1.39. The molecule has 0 bridgehead atoms. The van der Waals surface area contributed by atoms with E-state index in [4.69, 9.17) is 16.2 Å². The van der Waals surface area contributed by atoms with E-state index in [2.05, 4.69) is 4.90 Å². The molecule has 0 spiro atoms. The quantitative estimate of drug-likeness (QED) is 0.563. The minimum Gasteiger partial charge on any atom is -0.379 e. The minimum absolute atomic E-state index is 0.447. The highest BCUT2D eigenvalue weighted by molar-refractivity contribution is 4.69. The molecule has 4 nitrogen and oxygen atoms in total. The maximum absolute atomic E-state index is 5.56. The van der Waals surface area contributed by atoms with E-state index in [0.717, 1.165) is 32.8 Å². The van der Waals surface area contributed by atoms with Crippen LogP contribution in [-0.4, -0.2) is 50.8 Å². The molecule has 0 radical (unpaired) electrons. The number of nitrogens with zero attached hydrogens (tertiary/aromatic N) is 1. The van der Waals surface area contributed by atoms with Crippen molar-refractivity contribution < 1.29 is 4.74 Å². The molecule has 1 heterocycles. The Morgan fingerprint density at radius 1 is 1.17 bits per heavy atom. The molecule has 1 fully saturated rings. The lowest BCUT2D eigenvalue weighted by molar-refractivity contribution is 0.0317. The lowest BCUT2D eigenvalue weighted by atomic mass is 10.1. The van der Waals surface area contributed by atoms with Crippen molar-refractivity contribution in [2.24, 2.45) is 17.4 Å². The van der Waals surface area contributed by atoms with Crippen molar-refractivity contribution in [3.05, 3.63) is 0 Å². The summed E-state index contributed by atoms with van der Waals surface area (Å²) in [6, 6.07) is 0. The van der Waals surface area contributed by atoms with Crippen LogP contribution in [0.25, 0.3) is 0 Å². The molecule has 0 aromatic heterocycles. The van der Waals surface area contributed by atoms with Gasteiger partial charge in [-0.05, 0) is 19.0 Å². The number of ether oxygens (including phenoxy) is 1. The van der Waals surface area contributed by atoms with Gasteiger partial charge in [-0.1, -0.05) is 0 Å². The molecule has 72 valence electrons. The molecule has 0 saturated carbocycles. The highest BCUT2D eigenvalue weighted by Crippen LogP contribution is 2.01. The van der Waals surface area contributed by atoms with E-state index in [1.807, 2.05) is 0 Å². The van der Waals surface area contributed by atoms with Gasteiger partial charge in [0, 0.05) is 19.6 Å². The summed E-state index contributed by atoms with van der Waals surface area (Å²) >= 11 is 0. The predicted molar refractivity (Wildman–Crippen MR) is 48.9 cm³/mol. The molecule has 1 aliphatic heterocycles. The number of morpholine rings is 1. The summed E-state index contributed by atoms with van der Waals surface area (Å²) in [6.07, 6.45) is 0. The highest BCUT2D eigenvalue weighted by Gasteiger charge is 2.14. The average molecular weight is 173 g/mol. The zero-order valence-corrected chi connectivity index (χ0v) is 7.54. The summed E-state index contributed by atoms with van der Waals surface area (Å²) in [4.78, 5) is 2.37. The highest BCUT2D eigenvalue weighted by atomic mass is 16.5. The smallest absolute Gasteiger partial charge is 0.0594 e. The summed E-state index contributed by atoms with van der Waals surface area (Å²) in [7, 11) is 0. The van der Waals surface area contributed by atoms with Gasteiger partial charge in [-0.2, -0.15) is 0 Å². The first-order valence-electron chi connectivity index (χ1n) is 4.57. The third kappa shape index (κ3) is 3.06. The third-order valence-corrected chi connectivity index (χ3v) is 2.29. The standard InChI is InChI=1S/C8H19N3O/c9-5-8(6-10)7-11-1-3-12-4-2-11/h8H,1-7,9-10H2. The van der Waals surface area contributed by atoms with Crippen molar-refractivity contribution in [3.8, 4) is 0 Å². The summed E-state index contributed by atoms with van der Waals surface area (Å²) in [5, 5.41) is 0. The van der Waals surface area contributed by atoms with Crippen LogP contribution >= 0.6 is 0 Å². The topological polar surface area (TPSA) is 64.5 Å². The average Bonchev–Trinajstić information content (AvgIpc) is 2.16. The number of hydrogen-bond donors (Lipinski definition) is 2. The molecule has 0 unspecified atom stereocenters. The Balaban J connectivity index is 2.18. The van der Waals surface area contributed by atoms with Crippen LogP contribution in [0.3, 0.4) is 0 Å². The second-order valence-electron chi connectivity index (χ2n) is 3.25. The zero-order valence-electron chi connectivity index (χ0n) is 7.54. The van der Waals surface area contributed by atoms with Gasteiger partial charge in [-0.3, -0.25) is 4.90 Å². The SMILES string of the molecule is NCC(CN)CN1CCOCC1. The van der Waals surface area contributed by atoms with Crippen LogP contribution < -0.4 is 11.5 Å². The monoisotopic (exact) mass is 173 g/mol. The van der Waals surface area contributed by atoms with Crippen molar-refractivity contribution in [1.29, 1.82) is 0 Å². The Labute approximate surface area is 73.8 Å². The predicted octanol–water partition coefficient (Wildman–Crippen LogP) is -1.15. The fourth-order valence-electron chi connectivity index (χ4n) is 1.39. The summed E-state index contributed by atoms with van der Waals surface area (Å²) in [5.74, 6) is 0.447. The Morgan fingerprint density at radius 3 is 2.25 bits per heavy atom. The van der Waals surface area contributed by atoms with E-state index in [1.165, 1.54) is 0 Å². The van der Waals surface area contributed by atoms with Crippen molar-refractivity contribution in [2.75, 3.05) is 45.9 Å². The van der Waals surface area contributed by atoms with Gasteiger partial charge >= 0.3 is 0 Å². The molecule has 0 amide bonds. The molecule has 1 saturated heterocycles. The number of rotatable bonds is 4. The lowest BCUT2D eigenvalue weighted by Gasteiger charge is -2.29. The van der Waals surface area contributed by atoms with E-state index in [-0.39, 0.29) is 0 Å². The Kier molecular flexibility index (Phi) is 4.53. The van der Waals surface area contributed by atoms with Gasteiger partial charge in [0.1, 0.15) is 0 Å². The van der Waals surface area contributed by atoms with Gasteiger partial charge in [0.25, 0.3) is 0 Å². The molecule has 1 rings (SSSR count). The molecule has 0 atom stereocenters. The van der Waals surface area contributed by atoms with Crippen molar-refractivity contribution >= 4 is 0 Å². The summed E-state index contributed by atoms with van der Waals surface area (Å²) in [5.41, 5.74) is 11.1. The van der Waals surface area contributed by atoms with Crippen LogP contribution in [0.4, 0.5) is 0 Å². The maximum atomic E-state index is 5.56. The van der Waals surface area contributed by atoms with E-state index in [0.29, 0.717) is 19.0 Å². The van der Waals surface area contributed by atoms with Crippen molar-refractivity contribution in [2.45, 2.75) is 0 Å². The molecule has 4 heteroatoms. The van der Waals surface area contributed by atoms with E-state index in [1.54, 1.807) is 0 Å². The number of hydrogen-bond acceptors (Lipinski definition) is 4. The van der Waals surface area contributed by atoms with Gasteiger partial charge in [-0.15, -0.1) is 0 Å². The second kappa shape index (κ2) is 5.48. The molecular formula is C8H19N3O. The van der Waals surface area contributed by atoms with Crippen molar-refractivity contribution in [3.63, 3.8) is 0 Å². The first-order chi connectivity index (χ1) is 5.86. The van der Waals surface area contributed by atoms with E-state index >= 15 is 0 Å². The van der Waals surface area contributed by atoms with Crippen LogP contribution in [0.1, 0.15) is 0 Å². The van der Waals surface area contributed by atoms with E-state index in [9.17, 15) is 0 Å². The van der Waals surface area contributed by atoms with Gasteiger partial charge in [-0.25, -0.2) is 0 Å². The number of nitrogens with two attached hydrogens (primary N) is 2. The first kappa shape index (κ1) is 9.92. The maximum Gasteiger partial charge on any atom is 0.0594 e. The minimum atomic E-state index is 0.447. The van der Waals surface area contributed by atoms with E-state index < -0.39 is 0 Å². The molecule has 4 N–H and O–H groups in total. The summed E-state index contributed by atoms with van der Waals surface area (Å²) in [6.45, 7) is 6.15. The molecule has 0 aromatic carbocycles. The normalized spacial score (nSPS) is 20.2. The fraction of sp³-hybridized carbons (Fsp3) is 1.00. The van der Waals surface area contributed by atoms with Crippen LogP contribution in [0.15, 0.2) is 0 Å². The van der Waals surface area contributed by atoms with Gasteiger partial charge in [0.05, 0.1) is 13.2 Å². The molecule has 1 aliphatic rings. The van der Waals surface area contributed by atoms with Crippen molar-refractivity contribution in [1.82, 2.24) is 4.90 Å². The van der Waals surface area contributed by atoms with Gasteiger partial charge < -0.3 is 16.2 Å². The molecule has 0 aliphatic carbocycles. The van der Waals surface area contributed by atoms with Crippen LogP contribution in [-0.2, 0) is 4.74 Å². The third-order valence-electron chi connectivity index (χ3n) is 2.29. The largest absolute Gasteiger partial charge is 0.379 e. The summed E-state index contributed by atoms with van der Waals surface area (Å²) < 4.78 is 5.24. The van der Waals surface area contributed by atoms with Gasteiger partial charge in [0.2, 0.25) is 0 Å². The van der Waals surface area contributed by atoms with Crippen LogP contribution in [0.5, 0.6) is 0 Å².